The summed E-state index contributed by atoms with van der Waals surface area (Å²) in [7, 11) is 1.73. The molecule has 1 N–H and O–H groups in total. The number of carbonyl (C=O) groups excluding carboxylic acids is 1. The summed E-state index contributed by atoms with van der Waals surface area (Å²) in [6.45, 7) is 0.364. The van der Waals surface area contributed by atoms with Crippen LogP contribution in [0.2, 0.25) is 0 Å². The number of aromatic nitrogens is 4. The van der Waals surface area contributed by atoms with Crippen LogP contribution in [0.25, 0.3) is 22.2 Å². The third-order valence-electron chi connectivity index (χ3n) is 5.39. The molecule has 0 aliphatic heterocycles. The Balaban J connectivity index is 1.27. The van der Waals surface area contributed by atoms with Crippen molar-refractivity contribution >= 4 is 22.5 Å². The number of ether oxygens (including phenoxy) is 1. The fourth-order valence-electron chi connectivity index (χ4n) is 3.59. The van der Waals surface area contributed by atoms with Crippen molar-refractivity contribution in [2.45, 2.75) is 6.61 Å². The van der Waals surface area contributed by atoms with Crippen LogP contribution in [-0.4, -0.2) is 33.1 Å². The Morgan fingerprint density at radius 1 is 0.970 bits per heavy atom. The van der Waals surface area contributed by atoms with Crippen LogP contribution in [0.4, 0.5) is 5.69 Å². The number of hydrogen-bond donors (Lipinski definition) is 1. The van der Waals surface area contributed by atoms with Gasteiger partial charge in [-0.3, -0.25) is 14.9 Å². The van der Waals surface area contributed by atoms with Crippen molar-refractivity contribution < 1.29 is 9.53 Å². The molecule has 0 atom stereocenters. The Morgan fingerprint density at radius 2 is 1.82 bits per heavy atom. The van der Waals surface area contributed by atoms with Crippen molar-refractivity contribution in [3.63, 3.8) is 0 Å². The number of anilines is 1. The highest BCUT2D eigenvalue weighted by Gasteiger charge is 2.20. The Labute approximate surface area is 190 Å². The molecule has 2 aromatic carbocycles. The first-order valence-electron chi connectivity index (χ1n) is 10.5. The zero-order chi connectivity index (χ0) is 22.6. The maximum atomic E-state index is 13.1. The smallest absolute Gasteiger partial charge is 0.261 e. The predicted octanol–water partition coefficient (Wildman–Crippen LogP) is 4.88. The van der Waals surface area contributed by atoms with Crippen molar-refractivity contribution in [1.82, 2.24) is 20.2 Å². The quantitative estimate of drug-likeness (QED) is 0.411. The van der Waals surface area contributed by atoms with Crippen molar-refractivity contribution in [2.24, 2.45) is 0 Å². The van der Waals surface area contributed by atoms with Gasteiger partial charge in [-0.05, 0) is 48.5 Å². The van der Waals surface area contributed by atoms with Crippen LogP contribution in [-0.2, 0) is 6.61 Å². The summed E-state index contributed by atoms with van der Waals surface area (Å²) >= 11 is 0. The molecule has 33 heavy (non-hydrogen) atoms. The van der Waals surface area contributed by atoms with E-state index >= 15 is 0 Å². The predicted molar refractivity (Wildman–Crippen MR) is 127 cm³/mol. The second-order valence-electron chi connectivity index (χ2n) is 7.54. The van der Waals surface area contributed by atoms with Crippen molar-refractivity contribution in [3.05, 3.63) is 103 Å². The number of fused-ring (bicyclic) bond motifs is 1. The van der Waals surface area contributed by atoms with E-state index in [4.69, 9.17) is 4.74 Å². The number of benzene rings is 2. The summed E-state index contributed by atoms with van der Waals surface area (Å²) in [6, 6.07) is 23.1. The first-order valence-corrected chi connectivity index (χ1v) is 10.5. The summed E-state index contributed by atoms with van der Waals surface area (Å²) in [4.78, 5) is 23.4. The summed E-state index contributed by atoms with van der Waals surface area (Å²) in [5.41, 5.74) is 4.47. The number of amides is 1. The van der Waals surface area contributed by atoms with Gasteiger partial charge in [0, 0.05) is 36.1 Å². The van der Waals surface area contributed by atoms with Crippen LogP contribution in [0.15, 0.2) is 91.4 Å². The summed E-state index contributed by atoms with van der Waals surface area (Å²) in [5, 5.41) is 8.05. The monoisotopic (exact) mass is 435 g/mol. The molecule has 7 nitrogen and oxygen atoms in total. The van der Waals surface area contributed by atoms with Gasteiger partial charge < -0.3 is 9.64 Å². The Bertz CT molecular complexity index is 1400. The zero-order valence-electron chi connectivity index (χ0n) is 18.0. The molecule has 0 radical (unpaired) electrons. The van der Waals surface area contributed by atoms with E-state index in [0.29, 0.717) is 23.6 Å². The van der Waals surface area contributed by atoms with E-state index in [2.05, 4.69) is 20.2 Å². The van der Waals surface area contributed by atoms with E-state index < -0.39 is 0 Å². The minimum absolute atomic E-state index is 0.170. The Kier molecular flexibility index (Phi) is 5.51. The molecule has 0 unspecified atom stereocenters. The average molecular weight is 435 g/mol. The summed E-state index contributed by atoms with van der Waals surface area (Å²) in [6.07, 6.45) is 4.92. The molecule has 0 bridgehead atoms. The molecule has 3 heterocycles. The molecule has 5 rings (SSSR count). The lowest BCUT2D eigenvalue weighted by atomic mass is 10.1. The average Bonchev–Trinajstić information content (AvgIpc) is 3.37. The number of carbonyl (C=O) groups is 1. The normalized spacial score (nSPS) is 10.8. The Morgan fingerprint density at radius 3 is 2.64 bits per heavy atom. The van der Waals surface area contributed by atoms with Gasteiger partial charge in [-0.25, -0.2) is 4.98 Å². The van der Waals surface area contributed by atoms with E-state index in [0.717, 1.165) is 27.8 Å². The van der Waals surface area contributed by atoms with Gasteiger partial charge in [0.2, 0.25) is 0 Å². The number of para-hydroxylation sites is 1. The zero-order valence-corrected chi connectivity index (χ0v) is 18.0. The number of nitrogens with zero attached hydrogens (tertiary/aromatic N) is 4. The number of pyridine rings is 2. The molecule has 3 aromatic heterocycles. The lowest BCUT2D eigenvalue weighted by molar-refractivity contribution is 0.0993. The largest absolute Gasteiger partial charge is 0.487 e. The lowest BCUT2D eigenvalue weighted by Gasteiger charge is -2.18. The minimum atomic E-state index is -0.170. The standard InChI is InChI=1S/C26H21N5O2/c1-31(26(32)23-16-28-30-25(23)19-6-4-14-27-15-19)21-10-12-22(13-11-21)33-17-20-9-8-18-5-2-3-7-24(18)29-20/h2-16H,17H2,1H3,(H,28,30). The molecule has 0 aliphatic rings. The maximum absolute atomic E-state index is 13.1. The van der Waals surface area contributed by atoms with E-state index in [1.165, 1.54) is 6.20 Å². The molecule has 0 aliphatic carbocycles. The van der Waals surface area contributed by atoms with Crippen molar-refractivity contribution in [2.75, 3.05) is 11.9 Å². The van der Waals surface area contributed by atoms with Crippen molar-refractivity contribution in [1.29, 1.82) is 0 Å². The van der Waals surface area contributed by atoms with Gasteiger partial charge in [-0.15, -0.1) is 0 Å². The first-order chi connectivity index (χ1) is 16.2. The van der Waals surface area contributed by atoms with Gasteiger partial charge in [-0.2, -0.15) is 5.10 Å². The van der Waals surface area contributed by atoms with Gasteiger partial charge in [0.25, 0.3) is 5.91 Å². The highest BCUT2D eigenvalue weighted by Crippen LogP contribution is 2.25. The fraction of sp³-hybridized carbons (Fsp3) is 0.0769. The van der Waals surface area contributed by atoms with E-state index in [1.807, 2.05) is 72.8 Å². The van der Waals surface area contributed by atoms with Crippen LogP contribution in [0.3, 0.4) is 0 Å². The summed E-state index contributed by atoms with van der Waals surface area (Å²) < 4.78 is 5.90. The Hall–Kier alpha value is -4.52. The molecule has 0 fully saturated rings. The molecule has 7 heteroatoms. The number of rotatable bonds is 6. The van der Waals surface area contributed by atoms with Crippen LogP contribution >= 0.6 is 0 Å². The van der Waals surface area contributed by atoms with Crippen LogP contribution in [0.1, 0.15) is 16.1 Å². The van der Waals surface area contributed by atoms with Gasteiger partial charge in [0.05, 0.1) is 28.7 Å². The number of hydrogen-bond acceptors (Lipinski definition) is 5. The third-order valence-corrected chi connectivity index (χ3v) is 5.39. The van der Waals surface area contributed by atoms with Gasteiger partial charge >= 0.3 is 0 Å². The van der Waals surface area contributed by atoms with Gasteiger partial charge in [0.1, 0.15) is 12.4 Å². The highest BCUT2D eigenvalue weighted by molar-refractivity contribution is 6.09. The molecule has 0 spiro atoms. The highest BCUT2D eigenvalue weighted by atomic mass is 16.5. The van der Waals surface area contributed by atoms with Crippen molar-refractivity contribution in [3.8, 4) is 17.0 Å². The van der Waals surface area contributed by atoms with E-state index in [-0.39, 0.29) is 5.91 Å². The molecule has 0 saturated heterocycles. The SMILES string of the molecule is CN(C(=O)c1cn[nH]c1-c1cccnc1)c1ccc(OCc2ccc3ccccc3n2)cc1. The van der Waals surface area contributed by atoms with Crippen LogP contribution < -0.4 is 9.64 Å². The fourth-order valence-corrected chi connectivity index (χ4v) is 3.59. The summed E-state index contributed by atoms with van der Waals surface area (Å²) in [5.74, 6) is 0.533. The van der Waals surface area contributed by atoms with Crippen LogP contribution in [0, 0.1) is 0 Å². The third kappa shape index (κ3) is 4.29. The molecular weight excluding hydrogens is 414 g/mol. The maximum Gasteiger partial charge on any atom is 0.261 e. The number of nitrogens with one attached hydrogen (secondary N) is 1. The molecule has 5 aromatic rings. The second kappa shape index (κ2) is 8.92. The molecular formula is C26H21N5O2. The lowest BCUT2D eigenvalue weighted by Crippen LogP contribution is -2.26. The topological polar surface area (TPSA) is 84.0 Å². The van der Waals surface area contributed by atoms with Gasteiger partial charge in [0.15, 0.2) is 0 Å². The molecule has 0 saturated carbocycles. The van der Waals surface area contributed by atoms with Gasteiger partial charge in [-0.1, -0.05) is 24.3 Å². The van der Waals surface area contributed by atoms with E-state index in [9.17, 15) is 4.79 Å². The van der Waals surface area contributed by atoms with Crippen LogP contribution in [0.5, 0.6) is 5.75 Å². The minimum Gasteiger partial charge on any atom is -0.487 e. The number of aromatic amines is 1. The number of H-pyrrole nitrogens is 1. The second-order valence-corrected chi connectivity index (χ2v) is 7.54. The molecule has 162 valence electrons. The molecule has 1 amide bonds. The first kappa shape index (κ1) is 20.4. The van der Waals surface area contributed by atoms with E-state index in [1.54, 1.807) is 24.3 Å².